The van der Waals surface area contributed by atoms with Crippen molar-refractivity contribution in [3.63, 3.8) is 0 Å². The van der Waals surface area contributed by atoms with Crippen LogP contribution in [0, 0.1) is 5.82 Å². The third-order valence-electron chi connectivity index (χ3n) is 4.35. The van der Waals surface area contributed by atoms with Crippen LogP contribution in [0.3, 0.4) is 0 Å². The van der Waals surface area contributed by atoms with E-state index in [9.17, 15) is 14.3 Å². The van der Waals surface area contributed by atoms with Gasteiger partial charge in [0.25, 0.3) is 0 Å². The van der Waals surface area contributed by atoms with Gasteiger partial charge in [0.2, 0.25) is 11.9 Å². The number of nitrogens with one attached hydrogen (secondary N) is 3. The predicted molar refractivity (Wildman–Crippen MR) is 127 cm³/mol. The van der Waals surface area contributed by atoms with E-state index in [0.29, 0.717) is 17.1 Å². The molecule has 0 bridgehead atoms. The lowest BCUT2D eigenvalue weighted by Crippen LogP contribution is -2.07. The van der Waals surface area contributed by atoms with Gasteiger partial charge in [-0.25, -0.2) is 9.37 Å². The maximum Gasteiger partial charge on any atom is 0.247 e. The minimum atomic E-state index is -0.662. The molecule has 0 aliphatic carbocycles. The molecule has 172 valence electrons. The molecule has 4 N–H and O–H groups in total. The summed E-state index contributed by atoms with van der Waals surface area (Å²) in [6.07, 6.45) is 4.72. The van der Waals surface area contributed by atoms with Crippen LogP contribution in [-0.4, -0.2) is 34.2 Å². The number of halogens is 2. The number of phenolic OH excluding ortho intramolecular Hbond substituents is 1. The van der Waals surface area contributed by atoms with E-state index < -0.39 is 5.82 Å². The molecule has 4 rings (SSSR count). The first-order chi connectivity index (χ1) is 15.9. The van der Waals surface area contributed by atoms with Crippen LogP contribution in [0.1, 0.15) is 12.8 Å². The SMILES string of the molecule is C1CCOC1.C=CC(=O)Nc1cccc(Nc2nc(Nc3ccc(Cl)c(O)c3)ncc2F)c1. The number of nitrogens with zero attached hydrogens (tertiary/aromatic N) is 2. The molecule has 2 heterocycles. The second-order valence-electron chi connectivity index (χ2n) is 6.90. The molecule has 1 aliphatic rings. The van der Waals surface area contributed by atoms with Crippen LogP contribution in [0.4, 0.5) is 33.2 Å². The van der Waals surface area contributed by atoms with Crippen molar-refractivity contribution in [2.24, 2.45) is 0 Å². The van der Waals surface area contributed by atoms with Gasteiger partial charge >= 0.3 is 0 Å². The summed E-state index contributed by atoms with van der Waals surface area (Å²) in [5, 5.41) is 18.2. The molecule has 1 saturated heterocycles. The number of hydrogen-bond donors (Lipinski definition) is 4. The Hall–Kier alpha value is -3.69. The molecule has 1 aliphatic heterocycles. The summed E-state index contributed by atoms with van der Waals surface area (Å²) in [4.78, 5) is 19.4. The Morgan fingerprint density at radius 1 is 1.12 bits per heavy atom. The molecule has 0 spiro atoms. The Balaban J connectivity index is 0.000000541. The second kappa shape index (κ2) is 11.8. The van der Waals surface area contributed by atoms with Crippen LogP contribution in [0.25, 0.3) is 0 Å². The first-order valence-electron chi connectivity index (χ1n) is 10.1. The van der Waals surface area contributed by atoms with Crippen molar-refractivity contribution in [1.82, 2.24) is 9.97 Å². The molecule has 0 saturated carbocycles. The minimum Gasteiger partial charge on any atom is -0.506 e. The molecule has 33 heavy (non-hydrogen) atoms. The highest BCUT2D eigenvalue weighted by atomic mass is 35.5. The van der Waals surface area contributed by atoms with Gasteiger partial charge in [0.1, 0.15) is 5.75 Å². The van der Waals surface area contributed by atoms with E-state index in [1.807, 2.05) is 0 Å². The van der Waals surface area contributed by atoms with Gasteiger partial charge in [0.05, 0.1) is 11.2 Å². The number of carbonyl (C=O) groups excluding carboxylic acids is 1. The van der Waals surface area contributed by atoms with Gasteiger partial charge in [0.15, 0.2) is 11.6 Å². The molecule has 0 unspecified atom stereocenters. The van der Waals surface area contributed by atoms with Gasteiger partial charge in [-0.1, -0.05) is 24.2 Å². The number of aromatic nitrogens is 2. The highest BCUT2D eigenvalue weighted by Crippen LogP contribution is 2.28. The Bertz CT molecular complexity index is 1120. The first kappa shape index (κ1) is 24.0. The fraction of sp³-hybridized carbons (Fsp3) is 0.174. The van der Waals surface area contributed by atoms with Gasteiger partial charge in [-0.05, 0) is 49.2 Å². The molecule has 2 aromatic carbocycles. The minimum absolute atomic E-state index is 0.0668. The lowest BCUT2D eigenvalue weighted by Gasteiger charge is -2.11. The molecule has 8 nitrogen and oxygen atoms in total. The fourth-order valence-electron chi connectivity index (χ4n) is 2.75. The normalized spacial score (nSPS) is 12.3. The van der Waals surface area contributed by atoms with Crippen molar-refractivity contribution in [1.29, 1.82) is 0 Å². The summed E-state index contributed by atoms with van der Waals surface area (Å²) >= 11 is 5.77. The number of ether oxygens (including phenoxy) is 1. The zero-order valence-electron chi connectivity index (χ0n) is 17.6. The van der Waals surface area contributed by atoms with Crippen molar-refractivity contribution in [2.45, 2.75) is 12.8 Å². The number of amides is 1. The van der Waals surface area contributed by atoms with Crippen LogP contribution < -0.4 is 16.0 Å². The third-order valence-corrected chi connectivity index (χ3v) is 4.67. The highest BCUT2D eigenvalue weighted by molar-refractivity contribution is 6.32. The fourth-order valence-corrected chi connectivity index (χ4v) is 2.87. The van der Waals surface area contributed by atoms with Gasteiger partial charge < -0.3 is 25.8 Å². The number of anilines is 5. The van der Waals surface area contributed by atoms with Crippen molar-refractivity contribution in [3.8, 4) is 5.75 Å². The first-order valence-corrected chi connectivity index (χ1v) is 10.5. The van der Waals surface area contributed by atoms with E-state index in [4.69, 9.17) is 16.3 Å². The van der Waals surface area contributed by atoms with E-state index in [0.717, 1.165) is 25.5 Å². The van der Waals surface area contributed by atoms with Crippen molar-refractivity contribution in [3.05, 3.63) is 72.2 Å². The average molecular weight is 472 g/mol. The van der Waals surface area contributed by atoms with Crippen LogP contribution in [0.15, 0.2) is 61.3 Å². The van der Waals surface area contributed by atoms with Gasteiger partial charge in [0, 0.05) is 36.3 Å². The number of benzene rings is 2. The van der Waals surface area contributed by atoms with Gasteiger partial charge in [-0.2, -0.15) is 4.98 Å². The van der Waals surface area contributed by atoms with Crippen molar-refractivity contribution in [2.75, 3.05) is 29.2 Å². The summed E-state index contributed by atoms with van der Waals surface area (Å²) in [6, 6.07) is 11.2. The molecule has 3 aromatic rings. The van der Waals surface area contributed by atoms with Crippen LogP contribution in [0.2, 0.25) is 5.02 Å². The molecule has 10 heteroatoms. The number of rotatable bonds is 6. The zero-order chi connectivity index (χ0) is 23.6. The third kappa shape index (κ3) is 7.44. The van der Waals surface area contributed by atoms with E-state index >= 15 is 0 Å². The largest absolute Gasteiger partial charge is 0.506 e. The Labute approximate surface area is 195 Å². The summed E-state index contributed by atoms with van der Waals surface area (Å²) in [5.74, 6) is -1.08. The predicted octanol–water partition coefficient (Wildman–Crippen LogP) is 5.38. The molecule has 1 aromatic heterocycles. The van der Waals surface area contributed by atoms with Crippen molar-refractivity contribution < 1.29 is 19.0 Å². The summed E-state index contributed by atoms with van der Waals surface area (Å²) in [5.41, 5.74) is 1.50. The molecule has 1 fully saturated rings. The average Bonchev–Trinajstić information content (AvgIpc) is 3.39. The van der Waals surface area contributed by atoms with Crippen LogP contribution in [-0.2, 0) is 9.53 Å². The summed E-state index contributed by atoms with van der Waals surface area (Å²) in [6.45, 7) is 5.39. The van der Waals surface area contributed by atoms with E-state index in [2.05, 4.69) is 32.5 Å². The maximum absolute atomic E-state index is 14.1. The molecule has 0 radical (unpaired) electrons. The van der Waals surface area contributed by atoms with E-state index in [-0.39, 0.29) is 28.4 Å². The monoisotopic (exact) mass is 471 g/mol. The van der Waals surface area contributed by atoms with E-state index in [1.165, 1.54) is 25.0 Å². The summed E-state index contributed by atoms with van der Waals surface area (Å²) < 4.78 is 19.1. The van der Waals surface area contributed by atoms with Crippen LogP contribution in [0.5, 0.6) is 5.75 Å². The van der Waals surface area contributed by atoms with E-state index in [1.54, 1.807) is 30.3 Å². The Morgan fingerprint density at radius 3 is 2.52 bits per heavy atom. The Kier molecular flexibility index (Phi) is 8.56. The second-order valence-corrected chi connectivity index (χ2v) is 7.31. The quantitative estimate of drug-likeness (QED) is 0.357. The van der Waals surface area contributed by atoms with Gasteiger partial charge in [-0.3, -0.25) is 4.79 Å². The number of carbonyl (C=O) groups is 1. The highest BCUT2D eigenvalue weighted by Gasteiger charge is 2.09. The zero-order valence-corrected chi connectivity index (χ0v) is 18.4. The lowest BCUT2D eigenvalue weighted by atomic mass is 10.2. The molecular formula is C23H23ClFN5O3. The number of hydrogen-bond acceptors (Lipinski definition) is 7. The van der Waals surface area contributed by atoms with Crippen molar-refractivity contribution >= 4 is 46.3 Å². The summed E-state index contributed by atoms with van der Waals surface area (Å²) in [7, 11) is 0. The van der Waals surface area contributed by atoms with Gasteiger partial charge in [-0.15, -0.1) is 0 Å². The number of aromatic hydroxyl groups is 1. The Morgan fingerprint density at radius 2 is 1.85 bits per heavy atom. The smallest absolute Gasteiger partial charge is 0.247 e. The molecular weight excluding hydrogens is 449 g/mol. The standard InChI is InChI=1S/C19H15ClFN5O2.C4H8O/c1-2-17(28)23-11-4-3-5-12(8-11)24-18-15(21)10-22-19(26-18)25-13-6-7-14(20)16(27)9-13;1-2-4-5-3-1/h2-10,27H,1H2,(H,23,28)(H2,22,24,25,26);1-4H2. The lowest BCUT2D eigenvalue weighted by molar-refractivity contribution is -0.111. The molecule has 1 amide bonds. The maximum atomic E-state index is 14.1. The number of phenols is 1. The van der Waals surface area contributed by atoms with Crippen LogP contribution >= 0.6 is 11.6 Å². The molecule has 0 atom stereocenters. The topological polar surface area (TPSA) is 108 Å².